The van der Waals surface area contributed by atoms with E-state index in [1.165, 1.54) is 15.7 Å². The van der Waals surface area contributed by atoms with Crippen LogP contribution in [-0.4, -0.2) is 48.8 Å². The molecule has 3 aliphatic heterocycles. The molecule has 206 valence electrons. The van der Waals surface area contributed by atoms with E-state index in [2.05, 4.69) is 15.4 Å². The van der Waals surface area contributed by atoms with Gasteiger partial charge in [0.25, 0.3) is 17.6 Å². The molecule has 10 nitrogen and oxygen atoms in total. The van der Waals surface area contributed by atoms with Crippen molar-refractivity contribution in [2.24, 2.45) is 0 Å². The largest absolute Gasteiger partial charge is 0.489 e. The van der Waals surface area contributed by atoms with E-state index in [9.17, 15) is 27.6 Å². The maximum absolute atomic E-state index is 13.0. The van der Waals surface area contributed by atoms with E-state index in [4.69, 9.17) is 4.74 Å². The van der Waals surface area contributed by atoms with Gasteiger partial charge in [-0.25, -0.2) is 9.67 Å². The molecule has 3 amide bonds. The number of amides is 3. The molecule has 3 aromatic rings. The van der Waals surface area contributed by atoms with Crippen LogP contribution in [0.15, 0.2) is 54.2 Å². The summed E-state index contributed by atoms with van der Waals surface area (Å²) in [4.78, 5) is 43.7. The van der Waals surface area contributed by atoms with Gasteiger partial charge in [-0.05, 0) is 29.3 Å². The fraction of sp³-hybridized carbons (Fsp3) is 0.296. The summed E-state index contributed by atoms with van der Waals surface area (Å²) in [6, 6.07) is 12.9. The average Bonchev–Trinajstić information content (AvgIpc) is 3.50. The molecule has 3 aliphatic rings. The number of nitrogens with one attached hydrogen (secondary N) is 1. The molecule has 13 heteroatoms. The topological polar surface area (TPSA) is 110 Å². The van der Waals surface area contributed by atoms with Gasteiger partial charge in [-0.15, -0.1) is 5.10 Å². The summed E-state index contributed by atoms with van der Waals surface area (Å²) < 4.78 is 46.1. The zero-order valence-electron chi connectivity index (χ0n) is 21.1. The monoisotopic (exact) mass is 552 g/mol. The number of nitrogens with zero attached hydrogens (tertiary/aromatic N) is 5. The van der Waals surface area contributed by atoms with Crippen molar-refractivity contribution in [3.8, 4) is 5.75 Å². The van der Waals surface area contributed by atoms with Crippen LogP contribution in [0.25, 0.3) is 0 Å². The van der Waals surface area contributed by atoms with Crippen LogP contribution in [-0.2, 0) is 48.6 Å². The lowest BCUT2D eigenvalue weighted by Gasteiger charge is -2.26. The van der Waals surface area contributed by atoms with Gasteiger partial charge in [0.05, 0.1) is 19.6 Å². The van der Waals surface area contributed by atoms with Crippen LogP contribution in [0, 0.1) is 0 Å². The van der Waals surface area contributed by atoms with E-state index in [0.717, 1.165) is 11.1 Å². The number of rotatable bonds is 6. The summed E-state index contributed by atoms with van der Waals surface area (Å²) in [5.41, 5.74) is 3.15. The van der Waals surface area contributed by atoms with Crippen LogP contribution in [0.4, 0.5) is 13.2 Å². The van der Waals surface area contributed by atoms with Crippen LogP contribution in [0.5, 0.6) is 5.75 Å². The number of aromatic nitrogens is 3. The highest BCUT2D eigenvalue weighted by Gasteiger charge is 2.38. The molecule has 0 radical (unpaired) electrons. The molecule has 4 heterocycles. The summed E-state index contributed by atoms with van der Waals surface area (Å²) in [5.74, 6) is -1.62. The minimum Gasteiger partial charge on any atom is -0.489 e. The lowest BCUT2D eigenvalue weighted by atomic mass is 10.1. The first-order valence-electron chi connectivity index (χ1n) is 12.6. The van der Waals surface area contributed by atoms with Crippen molar-refractivity contribution in [1.82, 2.24) is 29.9 Å². The highest BCUT2D eigenvalue weighted by Crippen LogP contribution is 2.34. The van der Waals surface area contributed by atoms with Crippen LogP contribution < -0.4 is 10.1 Å². The Morgan fingerprint density at radius 1 is 0.975 bits per heavy atom. The van der Waals surface area contributed by atoms with Gasteiger partial charge in [-0.2, -0.15) is 13.2 Å². The van der Waals surface area contributed by atoms with Gasteiger partial charge < -0.3 is 4.74 Å². The summed E-state index contributed by atoms with van der Waals surface area (Å²) in [6.07, 6.45) is -3.08. The number of alkyl halides is 3. The molecular formula is C27H23F3N6O4. The van der Waals surface area contributed by atoms with Gasteiger partial charge in [-0.3, -0.25) is 29.5 Å². The summed E-state index contributed by atoms with van der Waals surface area (Å²) in [6.45, 7) is 2.13. The van der Waals surface area contributed by atoms with Crippen LogP contribution in [0.1, 0.15) is 45.1 Å². The summed E-state index contributed by atoms with van der Waals surface area (Å²) in [7, 11) is 0. The van der Waals surface area contributed by atoms with E-state index in [1.807, 2.05) is 29.2 Å². The molecule has 0 saturated carbocycles. The van der Waals surface area contributed by atoms with E-state index < -0.39 is 23.8 Å². The lowest BCUT2D eigenvalue weighted by molar-refractivity contribution is -0.145. The Morgan fingerprint density at radius 2 is 1.75 bits per heavy atom. The Balaban J connectivity index is 1.08. The average molecular weight is 553 g/mol. The fourth-order valence-corrected chi connectivity index (χ4v) is 4.99. The maximum atomic E-state index is 13.0. The van der Waals surface area contributed by atoms with E-state index >= 15 is 0 Å². The van der Waals surface area contributed by atoms with Gasteiger partial charge in [0.2, 0.25) is 5.91 Å². The number of hydrogen-bond donors (Lipinski definition) is 1. The zero-order valence-corrected chi connectivity index (χ0v) is 21.1. The van der Waals surface area contributed by atoms with E-state index in [-0.39, 0.29) is 37.7 Å². The molecule has 0 spiro atoms. The molecule has 0 unspecified atom stereocenters. The van der Waals surface area contributed by atoms with Crippen molar-refractivity contribution < 1.29 is 32.3 Å². The number of carbonyl (C=O) groups is 3. The van der Waals surface area contributed by atoms with E-state index in [1.54, 1.807) is 18.2 Å². The number of carbonyl (C=O) groups excluding carboxylic acids is 3. The molecule has 1 aromatic heterocycles. The van der Waals surface area contributed by atoms with Gasteiger partial charge in [0, 0.05) is 30.6 Å². The standard InChI is InChI=1S/C27H23F3N6O4/c28-27(29,30)26-31-22-14-34(10-11-36(22)33-26)12-16-4-6-17(7-5-16)15-40-21-3-1-2-18-19(21)13-35(25(18)39)20-8-9-23(37)32-24(20)38/h1-8H,9-15H2,(H,32,37,38). The lowest BCUT2D eigenvalue weighted by Crippen LogP contribution is -2.41. The zero-order chi connectivity index (χ0) is 28.0. The Bertz CT molecular complexity index is 1550. The predicted molar refractivity (Wildman–Crippen MR) is 132 cm³/mol. The molecule has 0 atom stereocenters. The Kier molecular flexibility index (Phi) is 6.37. The van der Waals surface area contributed by atoms with Crippen molar-refractivity contribution >= 4 is 17.7 Å². The van der Waals surface area contributed by atoms with Crippen molar-refractivity contribution in [1.29, 1.82) is 0 Å². The first kappa shape index (κ1) is 25.7. The second kappa shape index (κ2) is 9.90. The van der Waals surface area contributed by atoms with Crippen LogP contribution >= 0.6 is 0 Å². The molecule has 6 rings (SSSR count). The molecule has 2 aromatic carbocycles. The molecule has 0 aliphatic carbocycles. The van der Waals surface area contributed by atoms with Crippen molar-refractivity contribution in [2.75, 3.05) is 6.54 Å². The quantitative estimate of drug-likeness (QED) is 0.469. The summed E-state index contributed by atoms with van der Waals surface area (Å²) in [5, 5.41) is 5.80. The molecular weight excluding hydrogens is 529 g/mol. The van der Waals surface area contributed by atoms with Gasteiger partial charge in [0.1, 0.15) is 23.9 Å². The molecule has 0 saturated heterocycles. The van der Waals surface area contributed by atoms with Gasteiger partial charge in [-0.1, -0.05) is 30.3 Å². The van der Waals surface area contributed by atoms with Crippen molar-refractivity contribution in [3.63, 3.8) is 0 Å². The minimum absolute atomic E-state index is 0.0267. The third kappa shape index (κ3) is 4.95. The third-order valence-corrected chi connectivity index (χ3v) is 7.00. The first-order chi connectivity index (χ1) is 19.2. The second-order valence-corrected chi connectivity index (χ2v) is 9.73. The third-order valence-electron chi connectivity index (χ3n) is 7.00. The SMILES string of the molecule is O=C1CC=C(N2Cc3c(OCc4ccc(CN5CCn6nc(C(F)(F)F)nc6C5)cc4)cccc3C2=O)C(=O)N1. The number of ether oxygens (including phenoxy) is 1. The number of fused-ring (bicyclic) bond motifs is 2. The molecule has 0 bridgehead atoms. The number of halogens is 3. The highest BCUT2D eigenvalue weighted by atomic mass is 19.4. The second-order valence-electron chi connectivity index (χ2n) is 9.73. The van der Waals surface area contributed by atoms with Crippen molar-refractivity contribution in [3.05, 3.63) is 88.1 Å². The number of imide groups is 1. The Morgan fingerprint density at radius 3 is 2.50 bits per heavy atom. The molecule has 0 fully saturated rings. The van der Waals surface area contributed by atoms with Crippen LogP contribution in [0.3, 0.4) is 0 Å². The first-order valence-corrected chi connectivity index (χ1v) is 12.6. The van der Waals surface area contributed by atoms with Gasteiger partial charge >= 0.3 is 6.18 Å². The fourth-order valence-electron chi connectivity index (χ4n) is 4.99. The molecule has 40 heavy (non-hydrogen) atoms. The maximum Gasteiger partial charge on any atom is 0.453 e. The Labute approximate surface area is 226 Å². The molecule has 1 N–H and O–H groups in total. The minimum atomic E-state index is -4.56. The van der Waals surface area contributed by atoms with Crippen molar-refractivity contribution in [2.45, 2.75) is 45.4 Å². The van der Waals surface area contributed by atoms with E-state index in [0.29, 0.717) is 42.3 Å². The van der Waals surface area contributed by atoms with Gasteiger partial charge in [0.15, 0.2) is 0 Å². The number of hydrogen-bond acceptors (Lipinski definition) is 7. The summed E-state index contributed by atoms with van der Waals surface area (Å²) >= 11 is 0. The number of benzene rings is 2. The Hall–Kier alpha value is -4.52. The smallest absolute Gasteiger partial charge is 0.453 e. The normalized spacial score (nSPS) is 17.4. The highest BCUT2D eigenvalue weighted by molar-refractivity contribution is 6.11. The predicted octanol–water partition coefficient (Wildman–Crippen LogP) is 2.78. The van der Waals surface area contributed by atoms with Crippen LogP contribution in [0.2, 0.25) is 0 Å².